The van der Waals surface area contributed by atoms with Crippen LogP contribution in [0, 0.1) is 6.92 Å². The molecule has 1 heterocycles. The molecule has 0 fully saturated rings. The fourth-order valence-electron chi connectivity index (χ4n) is 2.38. The number of carbonyl (C=O) groups is 1. The van der Waals surface area contributed by atoms with Crippen molar-refractivity contribution in [2.45, 2.75) is 6.92 Å². The SMILES string of the molecule is COc1ccc2oc(=NO)c(C(=O)Nc3ccccc3C)cc2c1. The van der Waals surface area contributed by atoms with Gasteiger partial charge in [0.15, 0.2) is 0 Å². The third-order valence-corrected chi connectivity index (χ3v) is 3.68. The number of benzene rings is 2. The molecule has 0 aliphatic heterocycles. The second-order valence-corrected chi connectivity index (χ2v) is 5.24. The van der Waals surface area contributed by atoms with E-state index in [9.17, 15) is 10.0 Å². The standard InChI is InChI=1S/C18H16N2O4/c1-11-5-3-4-6-15(11)19-17(21)14-10-12-9-13(23-2)7-8-16(12)24-18(14)20-22/h3-10,22H,1-2H3,(H,19,21). The molecule has 0 radical (unpaired) electrons. The lowest BCUT2D eigenvalue weighted by molar-refractivity contribution is 0.102. The van der Waals surface area contributed by atoms with Crippen molar-refractivity contribution in [2.24, 2.45) is 5.16 Å². The van der Waals surface area contributed by atoms with E-state index in [2.05, 4.69) is 10.5 Å². The summed E-state index contributed by atoms with van der Waals surface area (Å²) in [4.78, 5) is 12.6. The van der Waals surface area contributed by atoms with Crippen LogP contribution >= 0.6 is 0 Å². The van der Waals surface area contributed by atoms with Gasteiger partial charge in [-0.1, -0.05) is 18.2 Å². The summed E-state index contributed by atoms with van der Waals surface area (Å²) in [6.45, 7) is 1.89. The van der Waals surface area contributed by atoms with Gasteiger partial charge < -0.3 is 19.7 Å². The van der Waals surface area contributed by atoms with Gasteiger partial charge in [0, 0.05) is 11.1 Å². The maximum absolute atomic E-state index is 12.6. The molecule has 6 heteroatoms. The van der Waals surface area contributed by atoms with Crippen LogP contribution in [0.4, 0.5) is 5.69 Å². The predicted molar refractivity (Wildman–Crippen MR) is 89.2 cm³/mol. The lowest BCUT2D eigenvalue weighted by atomic mass is 10.1. The zero-order valence-electron chi connectivity index (χ0n) is 13.2. The van der Waals surface area contributed by atoms with Crippen LogP contribution in [0.5, 0.6) is 5.75 Å². The van der Waals surface area contributed by atoms with Crippen molar-refractivity contribution in [1.82, 2.24) is 0 Å². The van der Waals surface area contributed by atoms with Crippen LogP contribution in [0.15, 0.2) is 58.1 Å². The zero-order chi connectivity index (χ0) is 17.1. The van der Waals surface area contributed by atoms with Crippen molar-refractivity contribution in [3.8, 4) is 5.75 Å². The van der Waals surface area contributed by atoms with E-state index in [0.29, 0.717) is 22.4 Å². The van der Waals surface area contributed by atoms with Crippen molar-refractivity contribution in [3.63, 3.8) is 0 Å². The Kier molecular flexibility index (Phi) is 4.20. The topological polar surface area (TPSA) is 84.1 Å². The Hall–Kier alpha value is -3.28. The minimum atomic E-state index is -0.425. The number of nitrogens with zero attached hydrogens (tertiary/aromatic N) is 1. The highest BCUT2D eigenvalue weighted by Crippen LogP contribution is 2.21. The number of amides is 1. The molecule has 122 valence electrons. The minimum Gasteiger partial charge on any atom is -0.497 e. The summed E-state index contributed by atoms with van der Waals surface area (Å²) in [5.74, 6) is 0.210. The Morgan fingerprint density at radius 1 is 1.21 bits per heavy atom. The van der Waals surface area contributed by atoms with Gasteiger partial charge in [-0.05, 0) is 48.0 Å². The number of hydrogen-bond donors (Lipinski definition) is 2. The summed E-state index contributed by atoms with van der Waals surface area (Å²) in [5.41, 5.74) is 2.06. The van der Waals surface area contributed by atoms with E-state index < -0.39 is 5.91 Å². The third-order valence-electron chi connectivity index (χ3n) is 3.68. The molecule has 1 amide bonds. The van der Waals surface area contributed by atoms with E-state index in [1.54, 1.807) is 37.4 Å². The van der Waals surface area contributed by atoms with Gasteiger partial charge in [0.05, 0.1) is 7.11 Å². The zero-order valence-corrected chi connectivity index (χ0v) is 13.2. The molecule has 0 saturated heterocycles. The van der Waals surface area contributed by atoms with E-state index in [0.717, 1.165) is 5.56 Å². The van der Waals surface area contributed by atoms with E-state index in [1.807, 2.05) is 25.1 Å². The van der Waals surface area contributed by atoms with Gasteiger partial charge in [-0.15, -0.1) is 0 Å². The van der Waals surface area contributed by atoms with Crippen molar-refractivity contribution in [3.05, 3.63) is 65.2 Å². The molecule has 24 heavy (non-hydrogen) atoms. The number of ether oxygens (including phenoxy) is 1. The number of nitrogens with one attached hydrogen (secondary N) is 1. The molecule has 6 nitrogen and oxygen atoms in total. The summed E-state index contributed by atoms with van der Waals surface area (Å²) in [6, 6.07) is 14.2. The number of fused-ring (bicyclic) bond motifs is 1. The molecule has 0 saturated carbocycles. The van der Waals surface area contributed by atoms with Gasteiger partial charge in [-0.2, -0.15) is 0 Å². The lowest BCUT2D eigenvalue weighted by Crippen LogP contribution is -2.22. The summed E-state index contributed by atoms with van der Waals surface area (Å²) in [6.07, 6.45) is 0. The summed E-state index contributed by atoms with van der Waals surface area (Å²) in [7, 11) is 1.56. The van der Waals surface area contributed by atoms with E-state index >= 15 is 0 Å². The summed E-state index contributed by atoms with van der Waals surface area (Å²) in [5, 5.41) is 15.7. The van der Waals surface area contributed by atoms with Crippen molar-refractivity contribution in [2.75, 3.05) is 12.4 Å². The Balaban J connectivity index is 2.07. The first-order chi connectivity index (χ1) is 11.6. The van der Waals surface area contributed by atoms with Crippen LogP contribution in [0.2, 0.25) is 0 Å². The summed E-state index contributed by atoms with van der Waals surface area (Å²) >= 11 is 0. The van der Waals surface area contributed by atoms with Crippen LogP contribution in [0.3, 0.4) is 0 Å². The average molecular weight is 324 g/mol. The maximum Gasteiger partial charge on any atom is 0.268 e. The van der Waals surface area contributed by atoms with E-state index in [-0.39, 0.29) is 11.1 Å². The molecule has 0 aliphatic carbocycles. The molecule has 3 rings (SSSR count). The summed E-state index contributed by atoms with van der Waals surface area (Å²) < 4.78 is 10.7. The van der Waals surface area contributed by atoms with E-state index in [1.165, 1.54) is 0 Å². The monoisotopic (exact) mass is 324 g/mol. The molecule has 0 bridgehead atoms. The van der Waals surface area contributed by atoms with Crippen LogP contribution < -0.4 is 15.6 Å². The Bertz CT molecular complexity index is 976. The smallest absolute Gasteiger partial charge is 0.268 e. The minimum absolute atomic E-state index is 0.126. The van der Waals surface area contributed by atoms with Gasteiger partial charge in [-0.25, -0.2) is 0 Å². The number of carbonyl (C=O) groups excluding carboxylic acids is 1. The number of methoxy groups -OCH3 is 1. The largest absolute Gasteiger partial charge is 0.497 e. The molecule has 0 atom stereocenters. The molecule has 1 aromatic heterocycles. The highest BCUT2D eigenvalue weighted by molar-refractivity contribution is 6.05. The fraction of sp³-hybridized carbons (Fsp3) is 0.111. The third kappa shape index (κ3) is 2.94. The van der Waals surface area contributed by atoms with E-state index in [4.69, 9.17) is 9.15 Å². The molecular weight excluding hydrogens is 308 g/mol. The number of para-hydroxylation sites is 1. The highest BCUT2D eigenvalue weighted by atomic mass is 16.5. The highest BCUT2D eigenvalue weighted by Gasteiger charge is 2.14. The van der Waals surface area contributed by atoms with Crippen molar-refractivity contribution < 1.29 is 19.2 Å². The fourth-order valence-corrected chi connectivity index (χ4v) is 2.38. The number of aryl methyl sites for hydroxylation is 1. The number of anilines is 1. The molecular formula is C18H16N2O4. The quantitative estimate of drug-likeness (QED) is 0.572. The second-order valence-electron chi connectivity index (χ2n) is 5.24. The van der Waals surface area contributed by atoms with Gasteiger partial charge in [-0.3, -0.25) is 4.79 Å². The Labute approximate surface area is 138 Å². The van der Waals surface area contributed by atoms with Crippen LogP contribution in [-0.4, -0.2) is 18.2 Å². The van der Waals surface area contributed by atoms with Crippen LogP contribution in [-0.2, 0) is 0 Å². The molecule has 3 aromatic rings. The molecule has 0 spiro atoms. The number of rotatable bonds is 3. The first-order valence-corrected chi connectivity index (χ1v) is 7.29. The predicted octanol–water partition coefficient (Wildman–Crippen LogP) is 3.29. The molecule has 2 aromatic carbocycles. The maximum atomic E-state index is 12.6. The van der Waals surface area contributed by atoms with Gasteiger partial charge in [0.25, 0.3) is 11.5 Å². The molecule has 0 unspecified atom stereocenters. The van der Waals surface area contributed by atoms with Crippen molar-refractivity contribution >= 4 is 22.6 Å². The van der Waals surface area contributed by atoms with Crippen LogP contribution in [0.1, 0.15) is 15.9 Å². The molecule has 0 aliphatic rings. The van der Waals surface area contributed by atoms with Crippen molar-refractivity contribution in [1.29, 1.82) is 0 Å². The van der Waals surface area contributed by atoms with Gasteiger partial charge in [0.1, 0.15) is 16.9 Å². The average Bonchev–Trinajstić information content (AvgIpc) is 2.61. The first-order valence-electron chi connectivity index (χ1n) is 7.29. The normalized spacial score (nSPS) is 11.5. The molecule has 2 N–H and O–H groups in total. The first kappa shape index (κ1) is 15.6. The Morgan fingerprint density at radius 3 is 2.71 bits per heavy atom. The second kappa shape index (κ2) is 6.45. The lowest BCUT2D eigenvalue weighted by Gasteiger charge is -2.09. The van der Waals surface area contributed by atoms with Gasteiger partial charge in [0.2, 0.25) is 0 Å². The number of hydrogen-bond acceptors (Lipinski definition) is 5. The Morgan fingerprint density at radius 2 is 2.00 bits per heavy atom. The van der Waals surface area contributed by atoms with Gasteiger partial charge >= 0.3 is 0 Å². The van der Waals surface area contributed by atoms with Crippen LogP contribution in [0.25, 0.3) is 11.0 Å².